The fourth-order valence-electron chi connectivity index (χ4n) is 2.28. The fraction of sp³-hybridized carbons (Fsp3) is 0.846. The number of amides is 2. The van der Waals surface area contributed by atoms with Gasteiger partial charge in [-0.1, -0.05) is 19.8 Å². The van der Waals surface area contributed by atoms with Gasteiger partial charge in [0.05, 0.1) is 0 Å². The minimum absolute atomic E-state index is 0.00361. The van der Waals surface area contributed by atoms with Gasteiger partial charge in [0.2, 0.25) is 6.41 Å². The van der Waals surface area contributed by atoms with Crippen molar-refractivity contribution in [1.82, 2.24) is 4.90 Å². The van der Waals surface area contributed by atoms with Gasteiger partial charge in [-0.25, -0.2) is 9.69 Å². The van der Waals surface area contributed by atoms with Crippen LogP contribution >= 0.6 is 0 Å². The number of imide groups is 1. The summed E-state index contributed by atoms with van der Waals surface area (Å²) in [6.07, 6.45) is 4.30. The average molecular weight is 241 g/mol. The van der Waals surface area contributed by atoms with Gasteiger partial charge in [0, 0.05) is 6.04 Å². The molecule has 17 heavy (non-hydrogen) atoms. The van der Waals surface area contributed by atoms with E-state index in [1.807, 2.05) is 0 Å². The molecule has 98 valence electrons. The van der Waals surface area contributed by atoms with E-state index in [2.05, 4.69) is 6.92 Å². The van der Waals surface area contributed by atoms with Crippen molar-refractivity contribution in [1.29, 1.82) is 0 Å². The topological polar surface area (TPSA) is 46.6 Å². The van der Waals surface area contributed by atoms with Crippen LogP contribution < -0.4 is 0 Å². The van der Waals surface area contributed by atoms with Crippen LogP contribution in [-0.2, 0) is 9.53 Å². The molecule has 0 aromatic rings. The molecule has 4 heteroatoms. The zero-order valence-electron chi connectivity index (χ0n) is 11.2. The Labute approximate surface area is 103 Å². The number of carbonyl (C=O) groups is 2. The molecule has 1 saturated carbocycles. The Balaban J connectivity index is 2.69. The third-order valence-corrected chi connectivity index (χ3v) is 3.14. The number of rotatable bonds is 2. The maximum absolute atomic E-state index is 11.9. The second-order valence-electron chi connectivity index (χ2n) is 5.82. The first-order chi connectivity index (χ1) is 7.85. The van der Waals surface area contributed by atoms with E-state index in [1.54, 1.807) is 20.8 Å². The number of carbonyl (C=O) groups excluding carboxylic acids is 2. The van der Waals surface area contributed by atoms with Crippen LogP contribution in [0.4, 0.5) is 4.79 Å². The molecule has 1 aliphatic carbocycles. The van der Waals surface area contributed by atoms with Gasteiger partial charge in [-0.3, -0.25) is 4.79 Å². The SMILES string of the molecule is CC1CCCC[C@@H]1N(C=O)C(=O)OC(C)(C)C. The van der Waals surface area contributed by atoms with Crippen LogP contribution in [0.25, 0.3) is 0 Å². The van der Waals surface area contributed by atoms with Crippen molar-refractivity contribution in [3.05, 3.63) is 0 Å². The van der Waals surface area contributed by atoms with Gasteiger partial charge in [0.1, 0.15) is 5.60 Å². The highest BCUT2D eigenvalue weighted by molar-refractivity contribution is 5.81. The molecule has 0 spiro atoms. The zero-order valence-corrected chi connectivity index (χ0v) is 11.2. The largest absolute Gasteiger partial charge is 0.443 e. The Morgan fingerprint density at radius 2 is 1.88 bits per heavy atom. The molecular formula is C13H23NO3. The van der Waals surface area contributed by atoms with Crippen LogP contribution in [0.1, 0.15) is 53.4 Å². The summed E-state index contributed by atoms with van der Waals surface area (Å²) in [4.78, 5) is 24.2. The zero-order chi connectivity index (χ0) is 13.1. The molecule has 4 nitrogen and oxygen atoms in total. The Bertz CT molecular complexity index is 283. The summed E-state index contributed by atoms with van der Waals surface area (Å²) in [7, 11) is 0. The monoisotopic (exact) mass is 241 g/mol. The van der Waals surface area contributed by atoms with Crippen LogP contribution in [0.5, 0.6) is 0 Å². The summed E-state index contributed by atoms with van der Waals surface area (Å²) in [6.45, 7) is 7.50. The molecule has 2 amide bonds. The third-order valence-electron chi connectivity index (χ3n) is 3.14. The number of nitrogens with zero attached hydrogens (tertiary/aromatic N) is 1. The van der Waals surface area contributed by atoms with Crippen molar-refractivity contribution >= 4 is 12.5 Å². The van der Waals surface area contributed by atoms with Gasteiger partial charge in [-0.05, 0) is 39.5 Å². The predicted molar refractivity (Wildman–Crippen MR) is 65.6 cm³/mol. The van der Waals surface area contributed by atoms with Crippen molar-refractivity contribution in [2.75, 3.05) is 0 Å². The highest BCUT2D eigenvalue weighted by Crippen LogP contribution is 2.28. The third kappa shape index (κ3) is 4.02. The Morgan fingerprint density at radius 1 is 1.29 bits per heavy atom. The van der Waals surface area contributed by atoms with Gasteiger partial charge in [0.25, 0.3) is 0 Å². The maximum Gasteiger partial charge on any atom is 0.417 e. The van der Waals surface area contributed by atoms with E-state index in [1.165, 1.54) is 11.3 Å². The van der Waals surface area contributed by atoms with E-state index in [0.29, 0.717) is 12.3 Å². The molecule has 0 aliphatic heterocycles. The van der Waals surface area contributed by atoms with Gasteiger partial charge in [-0.15, -0.1) is 0 Å². The number of hydrogen-bond donors (Lipinski definition) is 0. The van der Waals surface area contributed by atoms with E-state index < -0.39 is 11.7 Å². The molecule has 1 aliphatic rings. The molecule has 0 saturated heterocycles. The quantitative estimate of drug-likeness (QED) is 0.698. The van der Waals surface area contributed by atoms with E-state index in [0.717, 1.165) is 19.3 Å². The molecule has 2 atom stereocenters. The van der Waals surface area contributed by atoms with Crippen LogP contribution in [0.15, 0.2) is 0 Å². The normalized spacial score (nSPS) is 25.2. The minimum atomic E-state index is -0.559. The second kappa shape index (κ2) is 5.52. The molecule has 1 fully saturated rings. The van der Waals surface area contributed by atoms with Crippen LogP contribution in [-0.4, -0.2) is 29.0 Å². The van der Waals surface area contributed by atoms with Crippen molar-refractivity contribution in [3.8, 4) is 0 Å². The molecule has 1 rings (SSSR count). The second-order valence-corrected chi connectivity index (χ2v) is 5.82. The standard InChI is InChI=1S/C13H23NO3/c1-10-7-5-6-8-11(10)14(9-15)12(16)17-13(2,3)4/h9-11H,5-8H2,1-4H3/t10?,11-/m0/s1. The molecule has 0 aromatic heterocycles. The first-order valence-corrected chi connectivity index (χ1v) is 6.32. The lowest BCUT2D eigenvalue weighted by Crippen LogP contribution is -2.46. The Morgan fingerprint density at radius 3 is 2.35 bits per heavy atom. The number of ether oxygens (including phenoxy) is 1. The van der Waals surface area contributed by atoms with Gasteiger partial charge >= 0.3 is 6.09 Å². The molecule has 0 N–H and O–H groups in total. The Kier molecular flexibility index (Phi) is 4.54. The van der Waals surface area contributed by atoms with Crippen LogP contribution in [0.2, 0.25) is 0 Å². The van der Waals surface area contributed by atoms with Gasteiger partial charge in [-0.2, -0.15) is 0 Å². The summed E-state index contributed by atoms with van der Waals surface area (Å²) in [5.41, 5.74) is -0.559. The number of hydrogen-bond acceptors (Lipinski definition) is 3. The summed E-state index contributed by atoms with van der Waals surface area (Å²) in [5.74, 6) is 0.362. The van der Waals surface area contributed by atoms with Crippen molar-refractivity contribution in [2.45, 2.75) is 65.0 Å². The van der Waals surface area contributed by atoms with E-state index in [4.69, 9.17) is 4.74 Å². The summed E-state index contributed by atoms with van der Waals surface area (Å²) < 4.78 is 5.25. The highest BCUT2D eigenvalue weighted by atomic mass is 16.6. The van der Waals surface area contributed by atoms with Crippen molar-refractivity contribution in [2.24, 2.45) is 5.92 Å². The maximum atomic E-state index is 11.9. The van der Waals surface area contributed by atoms with E-state index in [-0.39, 0.29) is 6.04 Å². The van der Waals surface area contributed by atoms with Crippen molar-refractivity contribution in [3.63, 3.8) is 0 Å². The highest BCUT2D eigenvalue weighted by Gasteiger charge is 2.32. The van der Waals surface area contributed by atoms with Crippen molar-refractivity contribution < 1.29 is 14.3 Å². The fourth-order valence-corrected chi connectivity index (χ4v) is 2.28. The average Bonchev–Trinajstić information content (AvgIpc) is 2.19. The minimum Gasteiger partial charge on any atom is -0.443 e. The molecule has 0 heterocycles. The molecule has 0 radical (unpaired) electrons. The Hall–Kier alpha value is -1.06. The van der Waals surface area contributed by atoms with E-state index >= 15 is 0 Å². The first-order valence-electron chi connectivity index (χ1n) is 6.32. The summed E-state index contributed by atoms with van der Waals surface area (Å²) in [5, 5.41) is 0. The lowest BCUT2D eigenvalue weighted by molar-refractivity contribution is -0.121. The molecule has 0 bridgehead atoms. The smallest absolute Gasteiger partial charge is 0.417 e. The first kappa shape index (κ1) is 14.0. The molecule has 1 unspecified atom stereocenters. The van der Waals surface area contributed by atoms with Gasteiger partial charge < -0.3 is 4.74 Å². The lowest BCUT2D eigenvalue weighted by atomic mass is 9.85. The lowest BCUT2D eigenvalue weighted by Gasteiger charge is -2.35. The van der Waals surface area contributed by atoms with Gasteiger partial charge in [0.15, 0.2) is 0 Å². The predicted octanol–water partition coefficient (Wildman–Crippen LogP) is 2.96. The molecule has 0 aromatic carbocycles. The summed E-state index contributed by atoms with van der Waals surface area (Å²) >= 11 is 0. The molecular weight excluding hydrogens is 218 g/mol. The van der Waals surface area contributed by atoms with E-state index in [9.17, 15) is 9.59 Å². The summed E-state index contributed by atoms with van der Waals surface area (Å²) in [6, 6.07) is -0.00361. The van der Waals surface area contributed by atoms with Crippen LogP contribution in [0, 0.1) is 5.92 Å². The van der Waals surface area contributed by atoms with Crippen LogP contribution in [0.3, 0.4) is 0 Å².